The van der Waals surface area contributed by atoms with Crippen molar-refractivity contribution in [2.45, 2.75) is 19.4 Å². The van der Waals surface area contributed by atoms with Crippen molar-refractivity contribution in [2.24, 2.45) is 0 Å². The summed E-state index contributed by atoms with van der Waals surface area (Å²) >= 11 is 0. The van der Waals surface area contributed by atoms with Gasteiger partial charge in [-0.05, 0) is 6.42 Å². The fraction of sp³-hybridized carbons (Fsp3) is 0.455. The zero-order valence-corrected chi connectivity index (χ0v) is 10.6. The number of nitrogen functional groups attached to an aromatic ring is 1. The second kappa shape index (κ2) is 6.39. The second-order valence-electron chi connectivity index (χ2n) is 3.50. The molecular weight excluding hydrogens is 252 g/mol. The Morgan fingerprint density at radius 2 is 2.26 bits per heavy atom. The number of hydrogen-bond donors (Lipinski definition) is 1. The first-order valence-electron chi connectivity index (χ1n) is 5.45. The molecule has 1 atom stereocenters. The van der Waals surface area contributed by atoms with Crippen molar-refractivity contribution in [3.8, 4) is 12.3 Å². The number of rotatable bonds is 5. The average Bonchev–Trinajstić information content (AvgIpc) is 2.78. The molecule has 1 unspecified atom stereocenters. The van der Waals surface area contributed by atoms with Crippen LogP contribution in [0.5, 0.6) is 0 Å². The number of anilines is 1. The number of carbonyl (C=O) groups is 2. The molecule has 0 spiro atoms. The van der Waals surface area contributed by atoms with Gasteiger partial charge in [0.25, 0.3) is 0 Å². The van der Waals surface area contributed by atoms with Crippen LogP contribution in [-0.2, 0) is 14.3 Å². The van der Waals surface area contributed by atoms with Crippen LogP contribution >= 0.6 is 0 Å². The minimum absolute atomic E-state index is 0.0589. The summed E-state index contributed by atoms with van der Waals surface area (Å²) in [5.41, 5.74) is 5.56. The molecule has 8 heteroatoms. The predicted octanol–water partition coefficient (Wildman–Crippen LogP) is -0.226. The van der Waals surface area contributed by atoms with Crippen molar-refractivity contribution in [1.29, 1.82) is 0 Å². The molecule has 0 aliphatic carbocycles. The van der Waals surface area contributed by atoms with E-state index in [2.05, 4.69) is 21.0 Å². The van der Waals surface area contributed by atoms with Crippen LogP contribution in [0.25, 0.3) is 0 Å². The molecule has 0 saturated heterocycles. The summed E-state index contributed by atoms with van der Waals surface area (Å²) in [6.07, 6.45) is 5.36. The number of nitrogens with two attached hydrogens (primary N) is 1. The van der Waals surface area contributed by atoms with E-state index in [0.29, 0.717) is 6.42 Å². The van der Waals surface area contributed by atoms with Crippen molar-refractivity contribution in [2.75, 3.05) is 19.5 Å². The van der Waals surface area contributed by atoms with Gasteiger partial charge in [0.1, 0.15) is 0 Å². The van der Waals surface area contributed by atoms with Gasteiger partial charge >= 0.3 is 11.9 Å². The predicted molar refractivity (Wildman–Crippen MR) is 64.9 cm³/mol. The zero-order chi connectivity index (χ0) is 14.4. The summed E-state index contributed by atoms with van der Waals surface area (Å²) in [6.45, 7) is 1.59. The standard InChI is InChI=1S/C11H14N4O4/c1-4-6-19-10(16)7(5-2)15-9(12)8(13-14-15)11(17)18-3/h1,7H,5-6,12H2,2-3H3. The molecule has 19 heavy (non-hydrogen) atoms. The number of esters is 2. The fourth-order valence-electron chi connectivity index (χ4n) is 1.42. The molecule has 1 rings (SSSR count). The van der Waals surface area contributed by atoms with Gasteiger partial charge in [-0.1, -0.05) is 18.1 Å². The first-order valence-corrected chi connectivity index (χ1v) is 5.45. The highest BCUT2D eigenvalue weighted by atomic mass is 16.5. The van der Waals surface area contributed by atoms with Gasteiger partial charge in [0, 0.05) is 0 Å². The number of terminal acetylenes is 1. The molecule has 0 aromatic carbocycles. The van der Waals surface area contributed by atoms with Crippen LogP contribution in [-0.4, -0.2) is 40.6 Å². The highest BCUT2D eigenvalue weighted by Crippen LogP contribution is 2.19. The average molecular weight is 266 g/mol. The lowest BCUT2D eigenvalue weighted by molar-refractivity contribution is -0.146. The Labute approximate surface area is 109 Å². The monoisotopic (exact) mass is 266 g/mol. The molecule has 2 N–H and O–H groups in total. The van der Waals surface area contributed by atoms with E-state index in [1.807, 2.05) is 0 Å². The van der Waals surface area contributed by atoms with Crippen molar-refractivity contribution >= 4 is 17.8 Å². The Bertz CT molecular complexity index is 517. The topological polar surface area (TPSA) is 109 Å². The van der Waals surface area contributed by atoms with Crippen LogP contribution in [0.1, 0.15) is 29.9 Å². The van der Waals surface area contributed by atoms with Crippen LogP contribution in [0.3, 0.4) is 0 Å². The Balaban J connectivity index is 3.00. The quantitative estimate of drug-likeness (QED) is 0.579. The fourth-order valence-corrected chi connectivity index (χ4v) is 1.42. The van der Waals surface area contributed by atoms with Gasteiger partial charge < -0.3 is 15.2 Å². The molecule has 1 heterocycles. The minimum Gasteiger partial charge on any atom is -0.464 e. The summed E-state index contributed by atoms with van der Waals surface area (Å²) in [5, 5.41) is 7.26. The van der Waals surface area contributed by atoms with Crippen LogP contribution < -0.4 is 5.73 Å². The van der Waals surface area contributed by atoms with E-state index in [4.69, 9.17) is 16.9 Å². The normalized spacial score (nSPS) is 11.4. The van der Waals surface area contributed by atoms with E-state index < -0.39 is 18.0 Å². The summed E-state index contributed by atoms with van der Waals surface area (Å²) in [6, 6.07) is -0.792. The number of aromatic nitrogens is 3. The van der Waals surface area contributed by atoms with Crippen molar-refractivity contribution < 1.29 is 19.1 Å². The minimum atomic E-state index is -0.792. The Morgan fingerprint density at radius 3 is 2.79 bits per heavy atom. The summed E-state index contributed by atoms with van der Waals surface area (Å²) in [5.74, 6) is 0.808. The molecule has 1 aromatic heterocycles. The van der Waals surface area contributed by atoms with Crippen molar-refractivity contribution in [3.05, 3.63) is 5.69 Å². The maximum absolute atomic E-state index is 11.8. The molecule has 0 fully saturated rings. The van der Waals surface area contributed by atoms with E-state index in [-0.39, 0.29) is 18.1 Å². The molecule has 0 radical (unpaired) electrons. The van der Waals surface area contributed by atoms with Gasteiger partial charge in [-0.15, -0.1) is 11.5 Å². The first kappa shape index (κ1) is 14.5. The van der Waals surface area contributed by atoms with Gasteiger partial charge in [0.05, 0.1) is 7.11 Å². The Kier molecular flexibility index (Phi) is 4.88. The van der Waals surface area contributed by atoms with Gasteiger partial charge in [0.15, 0.2) is 18.5 Å². The van der Waals surface area contributed by atoms with Gasteiger partial charge in [-0.2, -0.15) is 0 Å². The summed E-state index contributed by atoms with van der Waals surface area (Å²) in [4.78, 5) is 23.1. The molecule has 8 nitrogen and oxygen atoms in total. The van der Waals surface area contributed by atoms with Gasteiger partial charge in [0.2, 0.25) is 5.69 Å². The molecule has 1 aromatic rings. The van der Waals surface area contributed by atoms with E-state index in [1.165, 1.54) is 7.11 Å². The van der Waals surface area contributed by atoms with Gasteiger partial charge in [-0.25, -0.2) is 14.3 Å². The van der Waals surface area contributed by atoms with E-state index >= 15 is 0 Å². The lowest BCUT2D eigenvalue weighted by Gasteiger charge is -2.14. The van der Waals surface area contributed by atoms with E-state index in [1.54, 1.807) is 6.92 Å². The molecule has 0 saturated carbocycles. The largest absolute Gasteiger partial charge is 0.464 e. The lowest BCUT2D eigenvalue weighted by Crippen LogP contribution is -2.24. The smallest absolute Gasteiger partial charge is 0.362 e. The molecule has 0 amide bonds. The maximum atomic E-state index is 11.8. The second-order valence-corrected chi connectivity index (χ2v) is 3.50. The third-order valence-corrected chi connectivity index (χ3v) is 2.36. The van der Waals surface area contributed by atoms with Crippen LogP contribution in [0, 0.1) is 12.3 Å². The Morgan fingerprint density at radius 1 is 1.58 bits per heavy atom. The van der Waals surface area contributed by atoms with Gasteiger partial charge in [-0.3, -0.25) is 0 Å². The molecular formula is C11H14N4O4. The van der Waals surface area contributed by atoms with Crippen LogP contribution in [0.15, 0.2) is 0 Å². The maximum Gasteiger partial charge on any atom is 0.362 e. The van der Waals surface area contributed by atoms with E-state index in [9.17, 15) is 9.59 Å². The highest BCUT2D eigenvalue weighted by molar-refractivity contribution is 5.92. The zero-order valence-electron chi connectivity index (χ0n) is 10.6. The number of methoxy groups -OCH3 is 1. The van der Waals surface area contributed by atoms with Crippen molar-refractivity contribution in [3.63, 3.8) is 0 Å². The number of carbonyl (C=O) groups excluding carboxylic acids is 2. The third kappa shape index (κ3) is 3.01. The third-order valence-electron chi connectivity index (χ3n) is 2.36. The number of nitrogens with zero attached hydrogens (tertiary/aromatic N) is 3. The lowest BCUT2D eigenvalue weighted by atomic mass is 10.2. The summed E-state index contributed by atoms with van der Waals surface area (Å²) in [7, 11) is 1.19. The number of ether oxygens (including phenoxy) is 2. The molecule has 0 bridgehead atoms. The van der Waals surface area contributed by atoms with E-state index in [0.717, 1.165) is 4.68 Å². The van der Waals surface area contributed by atoms with Crippen LogP contribution in [0.4, 0.5) is 5.82 Å². The SMILES string of the molecule is C#CCOC(=O)C(CC)n1nnc(C(=O)OC)c1N. The Hall–Kier alpha value is -2.56. The summed E-state index contributed by atoms with van der Waals surface area (Å²) < 4.78 is 10.4. The van der Waals surface area contributed by atoms with Crippen LogP contribution in [0.2, 0.25) is 0 Å². The number of hydrogen-bond acceptors (Lipinski definition) is 7. The highest BCUT2D eigenvalue weighted by Gasteiger charge is 2.27. The molecule has 0 aliphatic heterocycles. The van der Waals surface area contributed by atoms with Crippen molar-refractivity contribution in [1.82, 2.24) is 15.0 Å². The molecule has 0 aliphatic rings. The first-order chi connectivity index (χ1) is 9.06. The molecule has 102 valence electrons.